The van der Waals surface area contributed by atoms with Gasteiger partial charge in [0.05, 0.1) is 5.56 Å². The molecule has 0 aliphatic rings. The predicted octanol–water partition coefficient (Wildman–Crippen LogP) is 3.42. The van der Waals surface area contributed by atoms with E-state index in [0.717, 1.165) is 9.79 Å². The number of phenolic OH excluding ortho intramolecular Hbond substituents is 1. The van der Waals surface area contributed by atoms with Crippen LogP contribution < -0.4 is 0 Å². The highest BCUT2D eigenvalue weighted by Crippen LogP contribution is 2.30. The topological polar surface area (TPSA) is 44.0 Å². The second-order valence-electron chi connectivity index (χ2n) is 3.20. The Balaban J connectivity index is 2.27. The van der Waals surface area contributed by atoms with Crippen LogP contribution in [0, 0.1) is 11.3 Å². The molecule has 2 aromatic rings. The third-order valence-corrected chi connectivity index (χ3v) is 3.16. The van der Waals surface area contributed by atoms with Crippen molar-refractivity contribution < 1.29 is 5.11 Å². The number of aromatic hydroxyl groups is 1. The maximum Gasteiger partial charge on any atom is 0.115 e. The zero-order valence-electron chi connectivity index (χ0n) is 8.42. The molecule has 0 aromatic heterocycles. The highest BCUT2D eigenvalue weighted by atomic mass is 32.2. The Hall–Kier alpha value is -1.92. The largest absolute Gasteiger partial charge is 0.508 e. The van der Waals surface area contributed by atoms with Crippen LogP contribution in [0.2, 0.25) is 0 Å². The third kappa shape index (κ3) is 2.36. The van der Waals surface area contributed by atoms with Gasteiger partial charge in [-0.05, 0) is 36.4 Å². The Labute approximate surface area is 98.2 Å². The van der Waals surface area contributed by atoms with E-state index in [4.69, 9.17) is 10.4 Å². The van der Waals surface area contributed by atoms with Gasteiger partial charge in [-0.15, -0.1) is 0 Å². The maximum atomic E-state index is 9.16. The number of nitrogens with zero attached hydrogens (tertiary/aromatic N) is 1. The molecule has 0 saturated heterocycles. The Morgan fingerprint density at radius 3 is 2.38 bits per heavy atom. The zero-order chi connectivity index (χ0) is 11.4. The fourth-order valence-electron chi connectivity index (χ4n) is 1.29. The first-order valence-electron chi connectivity index (χ1n) is 4.75. The van der Waals surface area contributed by atoms with E-state index < -0.39 is 0 Å². The van der Waals surface area contributed by atoms with E-state index >= 15 is 0 Å². The smallest absolute Gasteiger partial charge is 0.115 e. The summed E-state index contributed by atoms with van der Waals surface area (Å²) in [6.45, 7) is 0. The molecule has 2 rings (SSSR count). The number of benzene rings is 2. The van der Waals surface area contributed by atoms with Gasteiger partial charge in [0.2, 0.25) is 0 Å². The van der Waals surface area contributed by atoms with E-state index in [2.05, 4.69) is 6.07 Å². The minimum absolute atomic E-state index is 0.248. The molecule has 0 radical (unpaired) electrons. The van der Waals surface area contributed by atoms with Crippen LogP contribution >= 0.6 is 11.8 Å². The molecule has 2 nitrogen and oxygen atoms in total. The third-order valence-electron chi connectivity index (χ3n) is 2.07. The van der Waals surface area contributed by atoms with Crippen molar-refractivity contribution in [2.45, 2.75) is 9.79 Å². The summed E-state index contributed by atoms with van der Waals surface area (Å²) in [5.41, 5.74) is 0.667. The molecule has 0 fully saturated rings. The van der Waals surface area contributed by atoms with Gasteiger partial charge < -0.3 is 5.11 Å². The molecule has 0 amide bonds. The first-order valence-corrected chi connectivity index (χ1v) is 5.57. The SMILES string of the molecule is N#Cc1ccccc1Sc1ccc(O)cc1. The van der Waals surface area contributed by atoms with Gasteiger partial charge >= 0.3 is 0 Å². The maximum absolute atomic E-state index is 9.16. The molecule has 0 atom stereocenters. The predicted molar refractivity (Wildman–Crippen MR) is 63.4 cm³/mol. The molecule has 1 N–H and O–H groups in total. The van der Waals surface area contributed by atoms with Gasteiger partial charge in [-0.1, -0.05) is 23.9 Å². The molecular formula is C13H9NOS. The molecule has 16 heavy (non-hydrogen) atoms. The summed E-state index contributed by atoms with van der Waals surface area (Å²) in [5.74, 6) is 0.248. The average Bonchev–Trinajstić information content (AvgIpc) is 2.33. The minimum Gasteiger partial charge on any atom is -0.508 e. The molecule has 0 aliphatic heterocycles. The molecule has 0 heterocycles. The van der Waals surface area contributed by atoms with Crippen molar-refractivity contribution in [1.82, 2.24) is 0 Å². The summed E-state index contributed by atoms with van der Waals surface area (Å²) in [6, 6.07) is 16.5. The Kier molecular flexibility index (Phi) is 3.13. The van der Waals surface area contributed by atoms with Crippen molar-refractivity contribution >= 4 is 11.8 Å². The fraction of sp³-hybridized carbons (Fsp3) is 0. The van der Waals surface area contributed by atoms with Crippen molar-refractivity contribution in [2.24, 2.45) is 0 Å². The molecule has 0 spiro atoms. The van der Waals surface area contributed by atoms with E-state index in [-0.39, 0.29) is 5.75 Å². The molecule has 78 valence electrons. The van der Waals surface area contributed by atoms with Crippen LogP contribution in [0.5, 0.6) is 5.75 Å². The summed E-state index contributed by atoms with van der Waals surface area (Å²) in [4.78, 5) is 1.93. The Bertz CT molecular complexity index is 528. The van der Waals surface area contributed by atoms with Crippen molar-refractivity contribution in [1.29, 1.82) is 5.26 Å². The van der Waals surface area contributed by atoms with Crippen molar-refractivity contribution in [3.05, 3.63) is 54.1 Å². The molecule has 0 unspecified atom stereocenters. The number of hydrogen-bond donors (Lipinski definition) is 1. The lowest BCUT2D eigenvalue weighted by atomic mass is 10.2. The lowest BCUT2D eigenvalue weighted by Crippen LogP contribution is -1.79. The van der Waals surface area contributed by atoms with Crippen LogP contribution in [0.3, 0.4) is 0 Å². The second-order valence-corrected chi connectivity index (χ2v) is 4.32. The van der Waals surface area contributed by atoms with Gasteiger partial charge in [-0.25, -0.2) is 0 Å². The molecule has 0 saturated carbocycles. The number of nitriles is 1. The van der Waals surface area contributed by atoms with E-state index in [1.165, 1.54) is 11.8 Å². The van der Waals surface area contributed by atoms with Crippen LogP contribution in [-0.2, 0) is 0 Å². The Morgan fingerprint density at radius 2 is 1.69 bits per heavy atom. The van der Waals surface area contributed by atoms with Crippen LogP contribution in [-0.4, -0.2) is 5.11 Å². The summed E-state index contributed by atoms with van der Waals surface area (Å²) >= 11 is 1.51. The second kappa shape index (κ2) is 4.73. The quantitative estimate of drug-likeness (QED) is 0.855. The van der Waals surface area contributed by atoms with Gasteiger partial charge in [0.25, 0.3) is 0 Å². The molecule has 2 aromatic carbocycles. The first-order chi connectivity index (χ1) is 7.79. The monoisotopic (exact) mass is 227 g/mol. The van der Waals surface area contributed by atoms with Crippen molar-refractivity contribution in [3.8, 4) is 11.8 Å². The number of phenols is 1. The minimum atomic E-state index is 0.248. The average molecular weight is 227 g/mol. The standard InChI is InChI=1S/C13H9NOS/c14-9-10-3-1-2-4-13(10)16-12-7-5-11(15)6-8-12/h1-8,15H. The lowest BCUT2D eigenvalue weighted by Gasteiger charge is -2.03. The summed E-state index contributed by atoms with van der Waals surface area (Å²) in [7, 11) is 0. The van der Waals surface area contributed by atoms with E-state index in [1.54, 1.807) is 18.2 Å². The highest BCUT2D eigenvalue weighted by Gasteiger charge is 2.02. The number of rotatable bonds is 2. The zero-order valence-corrected chi connectivity index (χ0v) is 9.24. The van der Waals surface area contributed by atoms with Crippen LogP contribution in [0.15, 0.2) is 58.3 Å². The van der Waals surface area contributed by atoms with Crippen molar-refractivity contribution in [3.63, 3.8) is 0 Å². The van der Waals surface area contributed by atoms with Crippen molar-refractivity contribution in [2.75, 3.05) is 0 Å². The van der Waals surface area contributed by atoms with Crippen LogP contribution in [0.25, 0.3) is 0 Å². The Morgan fingerprint density at radius 1 is 1.00 bits per heavy atom. The lowest BCUT2D eigenvalue weighted by molar-refractivity contribution is 0.475. The molecule has 3 heteroatoms. The number of hydrogen-bond acceptors (Lipinski definition) is 3. The van der Waals surface area contributed by atoms with Gasteiger partial charge in [0.1, 0.15) is 11.8 Å². The van der Waals surface area contributed by atoms with E-state index in [9.17, 15) is 0 Å². The van der Waals surface area contributed by atoms with Crippen LogP contribution in [0.4, 0.5) is 0 Å². The van der Waals surface area contributed by atoms with Crippen LogP contribution in [0.1, 0.15) is 5.56 Å². The molecule has 0 aliphatic carbocycles. The molecular weight excluding hydrogens is 218 g/mol. The highest BCUT2D eigenvalue weighted by molar-refractivity contribution is 7.99. The summed E-state index contributed by atoms with van der Waals surface area (Å²) in [6.07, 6.45) is 0. The molecule has 0 bridgehead atoms. The fourth-order valence-corrected chi connectivity index (χ4v) is 2.19. The van der Waals surface area contributed by atoms with Gasteiger partial charge in [-0.2, -0.15) is 5.26 Å². The first kappa shape index (κ1) is 10.6. The van der Waals surface area contributed by atoms with Gasteiger partial charge in [-0.3, -0.25) is 0 Å². The normalized spacial score (nSPS) is 9.69. The summed E-state index contributed by atoms with van der Waals surface area (Å²) in [5, 5.41) is 18.1. The van der Waals surface area contributed by atoms with E-state index in [1.807, 2.05) is 30.3 Å². The van der Waals surface area contributed by atoms with E-state index in [0.29, 0.717) is 5.56 Å². The van der Waals surface area contributed by atoms with Gasteiger partial charge in [0.15, 0.2) is 0 Å². The summed E-state index contributed by atoms with van der Waals surface area (Å²) < 4.78 is 0. The van der Waals surface area contributed by atoms with Gasteiger partial charge in [0, 0.05) is 9.79 Å².